The highest BCUT2D eigenvalue weighted by Gasteiger charge is 2.42. The van der Waals surface area contributed by atoms with E-state index in [1.807, 2.05) is 0 Å². The third kappa shape index (κ3) is 3.71. The summed E-state index contributed by atoms with van der Waals surface area (Å²) in [7, 11) is 0. The molecule has 1 aliphatic carbocycles. The van der Waals surface area contributed by atoms with Gasteiger partial charge in [-0.15, -0.1) is 0 Å². The molecule has 1 rings (SSSR count). The van der Waals surface area contributed by atoms with Crippen LogP contribution in [0.1, 0.15) is 65.7 Å². The summed E-state index contributed by atoms with van der Waals surface area (Å²) in [5.74, 6) is 0.926. The van der Waals surface area contributed by atoms with Crippen molar-refractivity contribution in [3.63, 3.8) is 0 Å². The summed E-state index contributed by atoms with van der Waals surface area (Å²) >= 11 is 0. The smallest absolute Gasteiger partial charge is 0.227 e. The maximum atomic E-state index is 12.5. The van der Waals surface area contributed by atoms with Gasteiger partial charge >= 0.3 is 0 Å². The van der Waals surface area contributed by atoms with Crippen molar-refractivity contribution in [3.8, 4) is 0 Å². The Hall–Kier alpha value is -0.570. The second kappa shape index (κ2) is 7.13. The molecule has 0 saturated heterocycles. The van der Waals surface area contributed by atoms with E-state index in [0.29, 0.717) is 12.6 Å². The number of rotatable bonds is 9. The van der Waals surface area contributed by atoms with Crippen molar-refractivity contribution < 1.29 is 4.79 Å². The van der Waals surface area contributed by atoms with Gasteiger partial charge < -0.3 is 11.1 Å². The minimum atomic E-state index is -0.317. The molecule has 1 saturated carbocycles. The van der Waals surface area contributed by atoms with E-state index in [0.717, 1.165) is 31.6 Å². The Kier molecular flexibility index (Phi) is 6.13. The maximum absolute atomic E-state index is 12.5. The molecule has 3 N–H and O–H groups in total. The van der Waals surface area contributed by atoms with E-state index >= 15 is 0 Å². The van der Waals surface area contributed by atoms with Crippen LogP contribution < -0.4 is 11.1 Å². The van der Waals surface area contributed by atoms with Gasteiger partial charge in [-0.25, -0.2) is 0 Å². The Morgan fingerprint density at radius 1 is 1.22 bits per heavy atom. The van der Waals surface area contributed by atoms with Crippen molar-refractivity contribution in [2.45, 2.75) is 71.8 Å². The standard InChI is InChI=1S/C15H30N2O/c1-4-7-12-10-13(12)17-14(18)15(11-16,8-5-2)9-6-3/h12-13H,4-11,16H2,1-3H3,(H,17,18). The van der Waals surface area contributed by atoms with Crippen molar-refractivity contribution in [1.29, 1.82) is 0 Å². The first-order valence-corrected chi connectivity index (χ1v) is 7.64. The SMILES string of the molecule is CCCC1CC1NC(=O)C(CN)(CCC)CCC. The Morgan fingerprint density at radius 2 is 1.83 bits per heavy atom. The Balaban J connectivity index is 2.54. The van der Waals surface area contributed by atoms with Gasteiger partial charge in [0.25, 0.3) is 0 Å². The van der Waals surface area contributed by atoms with Crippen molar-refractivity contribution in [2.24, 2.45) is 17.1 Å². The summed E-state index contributed by atoms with van der Waals surface area (Å²) in [6, 6.07) is 0.428. The largest absolute Gasteiger partial charge is 0.353 e. The molecule has 18 heavy (non-hydrogen) atoms. The average molecular weight is 254 g/mol. The normalized spacial score (nSPS) is 22.9. The first-order valence-electron chi connectivity index (χ1n) is 7.64. The number of hydrogen-bond acceptors (Lipinski definition) is 2. The van der Waals surface area contributed by atoms with Crippen LogP contribution in [-0.4, -0.2) is 18.5 Å². The van der Waals surface area contributed by atoms with Gasteiger partial charge in [0.1, 0.15) is 0 Å². The lowest BCUT2D eigenvalue weighted by Crippen LogP contribution is -2.47. The van der Waals surface area contributed by atoms with E-state index in [1.165, 1.54) is 19.3 Å². The summed E-state index contributed by atoms with van der Waals surface area (Å²) in [5.41, 5.74) is 5.59. The summed E-state index contributed by atoms with van der Waals surface area (Å²) in [5, 5.41) is 3.23. The van der Waals surface area contributed by atoms with Crippen molar-refractivity contribution in [2.75, 3.05) is 6.54 Å². The van der Waals surface area contributed by atoms with Crippen LogP contribution in [-0.2, 0) is 4.79 Å². The second-order valence-electron chi connectivity index (χ2n) is 5.85. The molecule has 1 amide bonds. The van der Waals surface area contributed by atoms with Crippen LogP contribution in [0.25, 0.3) is 0 Å². The van der Waals surface area contributed by atoms with Crippen LogP contribution in [0.4, 0.5) is 0 Å². The number of hydrogen-bond donors (Lipinski definition) is 2. The summed E-state index contributed by atoms with van der Waals surface area (Å²) < 4.78 is 0. The van der Waals surface area contributed by atoms with Crippen molar-refractivity contribution in [1.82, 2.24) is 5.32 Å². The first kappa shape index (κ1) is 15.5. The zero-order valence-corrected chi connectivity index (χ0v) is 12.3. The van der Waals surface area contributed by atoms with Crippen molar-refractivity contribution in [3.05, 3.63) is 0 Å². The van der Waals surface area contributed by atoms with Crippen LogP contribution in [0.5, 0.6) is 0 Å². The molecule has 1 fully saturated rings. The van der Waals surface area contributed by atoms with Crippen LogP contribution in [0.2, 0.25) is 0 Å². The molecule has 0 heterocycles. The Labute approximate surface area is 112 Å². The minimum Gasteiger partial charge on any atom is -0.353 e. The number of nitrogens with two attached hydrogens (primary N) is 1. The molecule has 0 bridgehead atoms. The van der Waals surface area contributed by atoms with Crippen LogP contribution in [0.15, 0.2) is 0 Å². The highest BCUT2D eigenvalue weighted by atomic mass is 16.2. The molecule has 1 aliphatic rings. The number of carbonyl (C=O) groups excluding carboxylic acids is 1. The molecule has 0 aliphatic heterocycles. The monoisotopic (exact) mass is 254 g/mol. The molecule has 106 valence electrons. The Morgan fingerprint density at radius 3 is 2.28 bits per heavy atom. The molecular formula is C15H30N2O. The van der Waals surface area contributed by atoms with Crippen molar-refractivity contribution >= 4 is 5.91 Å². The lowest BCUT2D eigenvalue weighted by molar-refractivity contribution is -0.131. The van der Waals surface area contributed by atoms with Crippen LogP contribution >= 0.6 is 0 Å². The fourth-order valence-electron chi connectivity index (χ4n) is 3.04. The summed E-state index contributed by atoms with van der Waals surface area (Å²) in [6.45, 7) is 6.94. The number of nitrogens with one attached hydrogen (secondary N) is 1. The van der Waals surface area contributed by atoms with E-state index in [4.69, 9.17) is 5.73 Å². The van der Waals surface area contributed by atoms with E-state index in [9.17, 15) is 4.79 Å². The molecule has 0 aromatic rings. The van der Waals surface area contributed by atoms with E-state index < -0.39 is 0 Å². The van der Waals surface area contributed by atoms with E-state index in [-0.39, 0.29) is 11.3 Å². The fraction of sp³-hybridized carbons (Fsp3) is 0.933. The highest BCUT2D eigenvalue weighted by Crippen LogP contribution is 2.37. The predicted octanol–water partition coefficient (Wildman–Crippen LogP) is 2.84. The van der Waals surface area contributed by atoms with Gasteiger partial charge in [-0.1, -0.05) is 40.0 Å². The predicted molar refractivity (Wildman–Crippen MR) is 76.2 cm³/mol. The lowest BCUT2D eigenvalue weighted by atomic mass is 9.78. The molecule has 0 spiro atoms. The topological polar surface area (TPSA) is 55.1 Å². The zero-order valence-electron chi connectivity index (χ0n) is 12.3. The van der Waals surface area contributed by atoms with Gasteiger partial charge in [-0.05, 0) is 31.6 Å². The molecule has 2 atom stereocenters. The van der Waals surface area contributed by atoms with E-state index in [1.54, 1.807) is 0 Å². The van der Waals surface area contributed by atoms with Gasteiger partial charge in [-0.2, -0.15) is 0 Å². The summed E-state index contributed by atoms with van der Waals surface area (Å²) in [6.07, 6.45) is 7.48. The summed E-state index contributed by atoms with van der Waals surface area (Å²) in [4.78, 5) is 12.5. The molecule has 3 nitrogen and oxygen atoms in total. The van der Waals surface area contributed by atoms with Gasteiger partial charge in [-0.3, -0.25) is 4.79 Å². The lowest BCUT2D eigenvalue weighted by Gasteiger charge is -2.30. The second-order valence-corrected chi connectivity index (χ2v) is 5.85. The molecule has 0 aromatic carbocycles. The quantitative estimate of drug-likeness (QED) is 0.665. The van der Waals surface area contributed by atoms with Gasteiger partial charge in [0.2, 0.25) is 5.91 Å². The molecule has 2 unspecified atom stereocenters. The fourth-order valence-corrected chi connectivity index (χ4v) is 3.04. The zero-order chi connectivity index (χ0) is 13.6. The average Bonchev–Trinajstić information content (AvgIpc) is 3.07. The Bertz CT molecular complexity index is 259. The molecule has 0 aromatic heterocycles. The minimum absolute atomic E-state index is 0.206. The third-order valence-electron chi connectivity index (χ3n) is 4.23. The van der Waals surface area contributed by atoms with Gasteiger partial charge in [0.15, 0.2) is 0 Å². The van der Waals surface area contributed by atoms with Gasteiger partial charge in [0.05, 0.1) is 5.41 Å². The van der Waals surface area contributed by atoms with E-state index in [2.05, 4.69) is 26.1 Å². The van der Waals surface area contributed by atoms with Crippen LogP contribution in [0.3, 0.4) is 0 Å². The number of carbonyl (C=O) groups is 1. The third-order valence-corrected chi connectivity index (χ3v) is 4.23. The molecule has 0 radical (unpaired) electrons. The highest BCUT2D eigenvalue weighted by molar-refractivity contribution is 5.83. The maximum Gasteiger partial charge on any atom is 0.227 e. The van der Waals surface area contributed by atoms with Gasteiger partial charge in [0, 0.05) is 12.6 Å². The first-order chi connectivity index (χ1) is 8.63. The molecular weight excluding hydrogens is 224 g/mol. The number of amides is 1. The molecule has 3 heteroatoms. The van der Waals surface area contributed by atoms with Crippen LogP contribution in [0, 0.1) is 11.3 Å².